The van der Waals surface area contributed by atoms with Crippen molar-refractivity contribution in [2.45, 2.75) is 0 Å². The van der Waals surface area contributed by atoms with E-state index in [0.29, 0.717) is 22.4 Å². The Labute approximate surface area is 182 Å². The number of nitro benzene ring substituents is 1. The predicted molar refractivity (Wildman–Crippen MR) is 125 cm³/mol. The third kappa shape index (κ3) is 3.41. The molecule has 0 saturated carbocycles. The van der Waals surface area contributed by atoms with Crippen LogP contribution in [0, 0.1) is 10.1 Å². The van der Waals surface area contributed by atoms with Gasteiger partial charge in [0.2, 0.25) is 0 Å². The van der Waals surface area contributed by atoms with Gasteiger partial charge in [-0.2, -0.15) is 0 Å². The summed E-state index contributed by atoms with van der Waals surface area (Å²) in [6, 6.07) is 22.8. The lowest BCUT2D eigenvalue weighted by molar-refractivity contribution is -0.384. The minimum atomic E-state index is -0.440. The Morgan fingerprint density at radius 2 is 1.62 bits per heavy atom. The number of benzene rings is 3. The average Bonchev–Trinajstić information content (AvgIpc) is 2.83. The van der Waals surface area contributed by atoms with Crippen LogP contribution in [0.25, 0.3) is 39.6 Å². The zero-order valence-electron chi connectivity index (χ0n) is 16.8. The highest BCUT2D eigenvalue weighted by atomic mass is 16.6. The van der Waals surface area contributed by atoms with Gasteiger partial charge in [-0.15, -0.1) is 0 Å². The van der Waals surface area contributed by atoms with Crippen LogP contribution in [0.1, 0.15) is 11.4 Å². The first-order valence-corrected chi connectivity index (χ1v) is 9.90. The molecule has 0 N–H and O–H groups in total. The van der Waals surface area contributed by atoms with Gasteiger partial charge < -0.3 is 0 Å². The molecule has 2 heterocycles. The maximum absolute atomic E-state index is 13.5. The number of rotatable bonds is 4. The summed E-state index contributed by atoms with van der Waals surface area (Å²) in [5.74, 6) is 0.448. The Balaban J connectivity index is 1.74. The molecule has 0 aliphatic heterocycles. The van der Waals surface area contributed by atoms with Gasteiger partial charge in [0.15, 0.2) is 0 Å². The van der Waals surface area contributed by atoms with Crippen LogP contribution in [0.4, 0.5) is 5.69 Å². The molecule has 0 fully saturated rings. The summed E-state index contributed by atoms with van der Waals surface area (Å²) in [5, 5.41) is 12.2. The van der Waals surface area contributed by atoms with Gasteiger partial charge in [0.1, 0.15) is 5.82 Å². The number of hydrogen-bond acceptors (Lipinski definition) is 5. The summed E-state index contributed by atoms with van der Waals surface area (Å²) in [4.78, 5) is 33.2. The molecule has 2 aromatic heterocycles. The standard InChI is InChI=1S/C25H16N4O3/c30-25-21-13-14-22-20(7-4-16-26-22)24(21)27-23(28(25)18-5-2-1-3-6-18)15-10-17-8-11-19(12-9-17)29(31)32/h1-16H. The van der Waals surface area contributed by atoms with Crippen molar-refractivity contribution in [3.05, 3.63) is 117 Å². The molecular formula is C25H16N4O3. The van der Waals surface area contributed by atoms with E-state index in [2.05, 4.69) is 4.98 Å². The SMILES string of the molecule is O=c1c2ccc3ncccc3c2nc(C=Cc2ccc([N+](=O)[O-])cc2)n1-c1ccccc1. The van der Waals surface area contributed by atoms with E-state index in [0.717, 1.165) is 16.5 Å². The lowest BCUT2D eigenvalue weighted by Gasteiger charge is -2.12. The first-order chi connectivity index (χ1) is 15.6. The molecule has 0 amide bonds. The lowest BCUT2D eigenvalue weighted by Crippen LogP contribution is -2.22. The van der Waals surface area contributed by atoms with Gasteiger partial charge in [0.25, 0.3) is 11.2 Å². The van der Waals surface area contributed by atoms with Crippen molar-refractivity contribution >= 4 is 39.6 Å². The summed E-state index contributed by atoms with van der Waals surface area (Å²) < 4.78 is 1.56. The van der Waals surface area contributed by atoms with Crippen LogP contribution in [0.15, 0.2) is 89.9 Å². The first kappa shape index (κ1) is 19.3. The Bertz CT molecular complexity index is 1560. The smallest absolute Gasteiger partial charge is 0.268 e. The minimum absolute atomic E-state index is 0.0196. The van der Waals surface area contributed by atoms with Crippen LogP contribution in [0.5, 0.6) is 0 Å². The molecule has 0 atom stereocenters. The van der Waals surface area contributed by atoms with E-state index < -0.39 is 4.92 Å². The van der Waals surface area contributed by atoms with E-state index in [4.69, 9.17) is 4.98 Å². The number of hydrogen-bond donors (Lipinski definition) is 0. The highest BCUT2D eigenvalue weighted by Crippen LogP contribution is 2.22. The zero-order valence-corrected chi connectivity index (χ0v) is 16.8. The van der Waals surface area contributed by atoms with Crippen molar-refractivity contribution in [3.63, 3.8) is 0 Å². The molecule has 32 heavy (non-hydrogen) atoms. The van der Waals surface area contributed by atoms with Gasteiger partial charge in [-0.1, -0.05) is 24.3 Å². The summed E-state index contributed by atoms with van der Waals surface area (Å²) >= 11 is 0. The predicted octanol–water partition coefficient (Wildman–Crippen LogP) is 5.01. The Morgan fingerprint density at radius 1 is 0.844 bits per heavy atom. The summed E-state index contributed by atoms with van der Waals surface area (Å²) in [7, 11) is 0. The average molecular weight is 420 g/mol. The van der Waals surface area contributed by atoms with E-state index in [1.165, 1.54) is 12.1 Å². The fraction of sp³-hybridized carbons (Fsp3) is 0. The maximum atomic E-state index is 13.5. The fourth-order valence-corrected chi connectivity index (χ4v) is 3.64. The molecule has 0 bridgehead atoms. The molecule has 7 heteroatoms. The number of nitrogens with zero attached hydrogens (tertiary/aromatic N) is 4. The highest BCUT2D eigenvalue weighted by Gasteiger charge is 2.13. The van der Waals surface area contributed by atoms with Crippen LogP contribution >= 0.6 is 0 Å². The van der Waals surface area contributed by atoms with Gasteiger partial charge in [-0.05, 0) is 60.2 Å². The van der Waals surface area contributed by atoms with Crippen molar-refractivity contribution in [1.29, 1.82) is 0 Å². The van der Waals surface area contributed by atoms with Crippen molar-refractivity contribution in [2.75, 3.05) is 0 Å². The van der Waals surface area contributed by atoms with Crippen molar-refractivity contribution in [3.8, 4) is 5.69 Å². The van der Waals surface area contributed by atoms with E-state index in [1.54, 1.807) is 41.1 Å². The van der Waals surface area contributed by atoms with E-state index in [9.17, 15) is 14.9 Å². The zero-order chi connectivity index (χ0) is 22.1. The van der Waals surface area contributed by atoms with E-state index >= 15 is 0 Å². The Hall–Kier alpha value is -4.65. The van der Waals surface area contributed by atoms with Crippen LogP contribution in [-0.4, -0.2) is 19.5 Å². The van der Waals surface area contributed by atoms with Gasteiger partial charge >= 0.3 is 0 Å². The molecule has 5 rings (SSSR count). The largest absolute Gasteiger partial charge is 0.269 e. The number of aromatic nitrogens is 3. The normalized spacial score (nSPS) is 11.4. The second-order valence-corrected chi connectivity index (χ2v) is 7.16. The Kier molecular flexibility index (Phi) is 4.76. The van der Waals surface area contributed by atoms with Crippen LogP contribution in [0.2, 0.25) is 0 Å². The molecule has 0 aliphatic carbocycles. The molecule has 3 aromatic carbocycles. The third-order valence-electron chi connectivity index (χ3n) is 5.19. The van der Waals surface area contributed by atoms with Gasteiger partial charge in [-0.25, -0.2) is 4.98 Å². The second kappa shape index (κ2) is 7.88. The molecule has 7 nitrogen and oxygen atoms in total. The van der Waals surface area contributed by atoms with Gasteiger partial charge in [0, 0.05) is 23.7 Å². The number of pyridine rings is 1. The van der Waals surface area contributed by atoms with Crippen molar-refractivity contribution in [2.24, 2.45) is 0 Å². The third-order valence-corrected chi connectivity index (χ3v) is 5.19. The molecule has 0 unspecified atom stereocenters. The minimum Gasteiger partial charge on any atom is -0.268 e. The number of para-hydroxylation sites is 1. The lowest BCUT2D eigenvalue weighted by atomic mass is 10.1. The number of nitro groups is 1. The molecule has 0 saturated heterocycles. The van der Waals surface area contributed by atoms with Gasteiger partial charge in [0.05, 0.1) is 27.0 Å². The van der Waals surface area contributed by atoms with Crippen LogP contribution in [-0.2, 0) is 0 Å². The second-order valence-electron chi connectivity index (χ2n) is 7.16. The summed E-state index contributed by atoms with van der Waals surface area (Å²) in [5.41, 5.74) is 2.62. The van der Waals surface area contributed by atoms with Crippen LogP contribution < -0.4 is 5.56 Å². The van der Waals surface area contributed by atoms with Crippen molar-refractivity contribution in [1.82, 2.24) is 14.5 Å². The van der Waals surface area contributed by atoms with Crippen molar-refractivity contribution < 1.29 is 4.92 Å². The molecule has 0 aliphatic rings. The quantitative estimate of drug-likeness (QED) is 0.231. The Morgan fingerprint density at radius 3 is 2.38 bits per heavy atom. The molecular weight excluding hydrogens is 404 g/mol. The number of non-ortho nitro benzene ring substituents is 1. The number of fused-ring (bicyclic) bond motifs is 3. The highest BCUT2D eigenvalue weighted by molar-refractivity contribution is 6.03. The van der Waals surface area contributed by atoms with Crippen LogP contribution in [0.3, 0.4) is 0 Å². The van der Waals surface area contributed by atoms with E-state index in [-0.39, 0.29) is 11.2 Å². The molecule has 154 valence electrons. The summed E-state index contributed by atoms with van der Waals surface area (Å²) in [6.07, 6.45) is 5.22. The summed E-state index contributed by atoms with van der Waals surface area (Å²) in [6.45, 7) is 0. The fourth-order valence-electron chi connectivity index (χ4n) is 3.64. The molecule has 0 radical (unpaired) electrons. The van der Waals surface area contributed by atoms with E-state index in [1.807, 2.05) is 48.5 Å². The molecule has 5 aromatic rings. The van der Waals surface area contributed by atoms with Gasteiger partial charge in [-0.3, -0.25) is 24.5 Å². The topological polar surface area (TPSA) is 90.9 Å². The monoisotopic (exact) mass is 420 g/mol. The maximum Gasteiger partial charge on any atom is 0.269 e. The molecule has 0 spiro atoms. The first-order valence-electron chi connectivity index (χ1n) is 9.90.